The standard InChI is InChI=1S/C15H21NO7/c1-16-9-5-8(7-21-2)3-4-11(9)22-12-6-10(17)13(18)14(23-12)15(19)20/h3-5,10,12-14,16-18H,6-7H2,1-2H3,(H,19,20)/t10-,12-,13+,14+/m1/s1. The van der Waals surface area contributed by atoms with Crippen LogP contribution >= 0.6 is 0 Å². The van der Waals surface area contributed by atoms with Crippen LogP contribution in [0.25, 0.3) is 0 Å². The molecule has 2 rings (SSSR count). The van der Waals surface area contributed by atoms with Gasteiger partial charge in [0.25, 0.3) is 0 Å². The molecular formula is C15H21NO7. The van der Waals surface area contributed by atoms with Gasteiger partial charge in [-0.05, 0) is 17.7 Å². The molecule has 1 heterocycles. The fourth-order valence-corrected chi connectivity index (χ4v) is 2.39. The molecule has 8 nitrogen and oxygen atoms in total. The van der Waals surface area contributed by atoms with Crippen LogP contribution in [0.2, 0.25) is 0 Å². The van der Waals surface area contributed by atoms with Gasteiger partial charge in [-0.15, -0.1) is 0 Å². The number of methoxy groups -OCH3 is 1. The van der Waals surface area contributed by atoms with Crippen molar-refractivity contribution in [3.05, 3.63) is 23.8 Å². The van der Waals surface area contributed by atoms with Crippen LogP contribution < -0.4 is 10.1 Å². The molecule has 1 fully saturated rings. The highest BCUT2D eigenvalue weighted by atomic mass is 16.7. The van der Waals surface area contributed by atoms with E-state index in [4.69, 9.17) is 19.3 Å². The number of aliphatic carboxylic acids is 1. The number of hydrogen-bond acceptors (Lipinski definition) is 7. The molecule has 0 unspecified atom stereocenters. The molecule has 128 valence electrons. The van der Waals surface area contributed by atoms with Gasteiger partial charge in [0.05, 0.1) is 18.4 Å². The maximum Gasteiger partial charge on any atom is 0.335 e. The molecule has 0 saturated carbocycles. The van der Waals surface area contributed by atoms with E-state index >= 15 is 0 Å². The largest absolute Gasteiger partial charge is 0.479 e. The molecule has 0 radical (unpaired) electrons. The first-order valence-electron chi connectivity index (χ1n) is 7.17. The summed E-state index contributed by atoms with van der Waals surface area (Å²) in [5.41, 5.74) is 1.61. The molecule has 1 saturated heterocycles. The molecule has 0 amide bonds. The van der Waals surface area contributed by atoms with Gasteiger partial charge in [-0.1, -0.05) is 6.07 Å². The summed E-state index contributed by atoms with van der Waals surface area (Å²) < 4.78 is 15.9. The molecule has 1 aliphatic rings. The SMILES string of the molecule is CNc1cc(COC)ccc1O[C@H]1C[C@@H](O)[C@H](O)[C@@H](C(=O)O)O1. The van der Waals surface area contributed by atoms with Gasteiger partial charge in [-0.25, -0.2) is 4.79 Å². The molecule has 8 heteroatoms. The fourth-order valence-electron chi connectivity index (χ4n) is 2.39. The van der Waals surface area contributed by atoms with E-state index in [-0.39, 0.29) is 6.42 Å². The van der Waals surface area contributed by atoms with Crippen molar-refractivity contribution in [1.29, 1.82) is 0 Å². The molecule has 0 spiro atoms. The first kappa shape index (κ1) is 17.5. The van der Waals surface area contributed by atoms with E-state index < -0.39 is 30.6 Å². The lowest BCUT2D eigenvalue weighted by Gasteiger charge is -2.35. The Balaban J connectivity index is 2.13. The van der Waals surface area contributed by atoms with Crippen LogP contribution in [0.1, 0.15) is 12.0 Å². The van der Waals surface area contributed by atoms with Crippen molar-refractivity contribution in [2.24, 2.45) is 0 Å². The minimum atomic E-state index is -1.53. The van der Waals surface area contributed by atoms with Gasteiger partial charge in [-0.3, -0.25) is 0 Å². The number of aliphatic hydroxyl groups excluding tert-OH is 2. The summed E-state index contributed by atoms with van der Waals surface area (Å²) in [7, 11) is 3.32. The number of rotatable bonds is 6. The van der Waals surface area contributed by atoms with Gasteiger partial charge in [0.1, 0.15) is 11.9 Å². The van der Waals surface area contributed by atoms with E-state index in [0.717, 1.165) is 5.56 Å². The average molecular weight is 327 g/mol. The molecule has 23 heavy (non-hydrogen) atoms. The van der Waals surface area contributed by atoms with Crippen LogP contribution in [0.5, 0.6) is 5.75 Å². The zero-order valence-electron chi connectivity index (χ0n) is 12.9. The highest BCUT2D eigenvalue weighted by Gasteiger charge is 2.42. The monoisotopic (exact) mass is 327 g/mol. The Bertz CT molecular complexity index is 551. The summed E-state index contributed by atoms with van der Waals surface area (Å²) in [5, 5.41) is 31.4. The van der Waals surface area contributed by atoms with Crippen molar-refractivity contribution in [3.8, 4) is 5.75 Å². The molecule has 4 N–H and O–H groups in total. The Kier molecular flexibility index (Phi) is 5.78. The van der Waals surface area contributed by atoms with Crippen molar-refractivity contribution >= 4 is 11.7 Å². The first-order chi connectivity index (χ1) is 11.0. The van der Waals surface area contributed by atoms with Crippen molar-refractivity contribution < 1.29 is 34.3 Å². The van der Waals surface area contributed by atoms with E-state index in [1.165, 1.54) is 0 Å². The minimum absolute atomic E-state index is 0.0338. The van der Waals surface area contributed by atoms with Gasteiger partial charge in [0, 0.05) is 20.6 Å². The normalized spacial score (nSPS) is 27.5. The number of carbonyl (C=O) groups is 1. The molecule has 1 aliphatic heterocycles. The van der Waals surface area contributed by atoms with Crippen molar-refractivity contribution in [2.75, 3.05) is 19.5 Å². The summed E-state index contributed by atoms with van der Waals surface area (Å²) in [5.74, 6) is -0.904. The van der Waals surface area contributed by atoms with Crippen LogP contribution in [0.4, 0.5) is 5.69 Å². The Morgan fingerprint density at radius 1 is 1.43 bits per heavy atom. The van der Waals surface area contributed by atoms with Crippen molar-refractivity contribution in [1.82, 2.24) is 0 Å². The molecule has 0 bridgehead atoms. The van der Waals surface area contributed by atoms with Gasteiger partial charge in [0.15, 0.2) is 6.10 Å². The maximum absolute atomic E-state index is 11.1. The molecule has 1 aromatic carbocycles. The zero-order valence-corrected chi connectivity index (χ0v) is 12.9. The second-order valence-corrected chi connectivity index (χ2v) is 5.25. The van der Waals surface area contributed by atoms with Crippen LogP contribution in [0.3, 0.4) is 0 Å². The van der Waals surface area contributed by atoms with Crippen LogP contribution in [0.15, 0.2) is 18.2 Å². The molecule has 4 atom stereocenters. The third kappa shape index (κ3) is 4.11. The lowest BCUT2D eigenvalue weighted by molar-refractivity contribution is -0.228. The lowest BCUT2D eigenvalue weighted by atomic mass is 10.0. The lowest BCUT2D eigenvalue weighted by Crippen LogP contribution is -2.53. The first-order valence-corrected chi connectivity index (χ1v) is 7.17. The van der Waals surface area contributed by atoms with E-state index in [2.05, 4.69) is 5.32 Å². The Morgan fingerprint density at radius 2 is 2.17 bits per heavy atom. The highest BCUT2D eigenvalue weighted by Crippen LogP contribution is 2.30. The zero-order chi connectivity index (χ0) is 17.0. The molecule has 1 aromatic rings. The van der Waals surface area contributed by atoms with Gasteiger partial charge < -0.3 is 34.8 Å². The number of benzene rings is 1. The number of hydrogen-bond donors (Lipinski definition) is 4. The summed E-state index contributed by atoms with van der Waals surface area (Å²) in [6.07, 6.45) is -5.27. The van der Waals surface area contributed by atoms with Gasteiger partial charge in [-0.2, -0.15) is 0 Å². The van der Waals surface area contributed by atoms with E-state index in [1.807, 2.05) is 12.1 Å². The summed E-state index contributed by atoms with van der Waals surface area (Å²) in [6, 6.07) is 5.35. The maximum atomic E-state index is 11.1. The summed E-state index contributed by atoms with van der Waals surface area (Å²) in [6.45, 7) is 0.445. The smallest absolute Gasteiger partial charge is 0.335 e. The topological polar surface area (TPSA) is 117 Å². The molecule has 0 aliphatic carbocycles. The predicted octanol–water partition coefficient (Wildman–Crippen LogP) is 0.175. The molecular weight excluding hydrogens is 306 g/mol. The third-order valence-corrected chi connectivity index (χ3v) is 3.56. The summed E-state index contributed by atoms with van der Waals surface area (Å²) >= 11 is 0. The molecule has 0 aromatic heterocycles. The van der Waals surface area contributed by atoms with Crippen LogP contribution in [-0.2, 0) is 20.9 Å². The van der Waals surface area contributed by atoms with Gasteiger partial charge in [0.2, 0.25) is 6.29 Å². The summed E-state index contributed by atoms with van der Waals surface area (Å²) in [4.78, 5) is 11.1. The van der Waals surface area contributed by atoms with Crippen molar-refractivity contribution in [2.45, 2.75) is 37.6 Å². The Labute approximate surface area is 133 Å². The number of ether oxygens (including phenoxy) is 3. The number of anilines is 1. The Hall–Kier alpha value is -1.87. The quantitative estimate of drug-likeness (QED) is 0.584. The number of carboxylic acid groups (broad SMARTS) is 1. The second kappa shape index (κ2) is 7.60. The van der Waals surface area contributed by atoms with Crippen LogP contribution in [-0.4, -0.2) is 60.0 Å². The second-order valence-electron chi connectivity index (χ2n) is 5.25. The highest BCUT2D eigenvalue weighted by molar-refractivity contribution is 5.73. The fraction of sp³-hybridized carbons (Fsp3) is 0.533. The predicted molar refractivity (Wildman–Crippen MR) is 80.3 cm³/mol. The Morgan fingerprint density at radius 3 is 2.78 bits per heavy atom. The van der Waals surface area contributed by atoms with E-state index in [1.54, 1.807) is 20.2 Å². The third-order valence-electron chi connectivity index (χ3n) is 3.56. The number of carboxylic acids is 1. The van der Waals surface area contributed by atoms with E-state index in [9.17, 15) is 15.0 Å². The average Bonchev–Trinajstić information content (AvgIpc) is 2.52. The van der Waals surface area contributed by atoms with Gasteiger partial charge >= 0.3 is 5.97 Å². The van der Waals surface area contributed by atoms with Crippen molar-refractivity contribution in [3.63, 3.8) is 0 Å². The number of aliphatic hydroxyl groups is 2. The number of nitrogens with one attached hydrogen (secondary N) is 1. The van der Waals surface area contributed by atoms with E-state index in [0.29, 0.717) is 18.0 Å². The van der Waals surface area contributed by atoms with Crippen LogP contribution in [0, 0.1) is 0 Å². The minimum Gasteiger partial charge on any atom is -0.479 e.